The molecule has 2 rings (SSSR count). The minimum atomic E-state index is -1.09. The molecule has 2 aromatic carbocycles. The first-order chi connectivity index (χ1) is 13.3. The van der Waals surface area contributed by atoms with E-state index in [1.807, 2.05) is 6.07 Å². The quantitative estimate of drug-likeness (QED) is 0.635. The summed E-state index contributed by atoms with van der Waals surface area (Å²) in [7, 11) is 0. The molecule has 2 N–H and O–H groups in total. The molecule has 0 aromatic heterocycles. The van der Waals surface area contributed by atoms with Gasteiger partial charge in [-0.15, -0.1) is 0 Å². The monoisotopic (exact) mass is 424 g/mol. The largest absolute Gasteiger partial charge is 0.484 e. The summed E-state index contributed by atoms with van der Waals surface area (Å²) in [4.78, 5) is 35.6. The van der Waals surface area contributed by atoms with Crippen molar-refractivity contribution in [2.24, 2.45) is 0 Å². The van der Waals surface area contributed by atoms with E-state index in [0.717, 1.165) is 0 Å². The lowest BCUT2D eigenvalue weighted by molar-refractivity contribution is -0.152. The molecule has 0 fully saturated rings. The minimum Gasteiger partial charge on any atom is -0.484 e. The van der Waals surface area contributed by atoms with Gasteiger partial charge in [0.25, 0.3) is 11.8 Å². The van der Waals surface area contributed by atoms with Crippen molar-refractivity contribution < 1.29 is 23.9 Å². The fraction of sp³-hybridized carbons (Fsp3) is 0.211. The Hall–Kier alpha value is -2.77. The van der Waals surface area contributed by atoms with Crippen LogP contribution in [0.1, 0.15) is 6.92 Å². The third kappa shape index (κ3) is 7.09. The van der Waals surface area contributed by atoms with Gasteiger partial charge in [-0.05, 0) is 37.3 Å². The number of halogens is 2. The molecular weight excluding hydrogens is 407 g/mol. The highest BCUT2D eigenvalue weighted by molar-refractivity contribution is 6.36. The SMILES string of the molecule is CC(OC(=O)CNC(=O)COc1ccccc1)C(=O)Nc1ccc(Cl)cc1Cl. The fourth-order valence-corrected chi connectivity index (χ4v) is 2.46. The maximum Gasteiger partial charge on any atom is 0.326 e. The van der Waals surface area contributed by atoms with Crippen LogP contribution in [0.4, 0.5) is 5.69 Å². The zero-order chi connectivity index (χ0) is 20.5. The average Bonchev–Trinajstić information content (AvgIpc) is 2.67. The van der Waals surface area contributed by atoms with Crippen LogP contribution < -0.4 is 15.4 Å². The molecule has 0 aliphatic carbocycles. The molecule has 0 aliphatic rings. The van der Waals surface area contributed by atoms with Crippen LogP contribution in [0.15, 0.2) is 48.5 Å². The molecule has 2 amide bonds. The first-order valence-corrected chi connectivity index (χ1v) is 9.00. The smallest absolute Gasteiger partial charge is 0.326 e. The Labute approximate surface area is 171 Å². The number of hydrogen-bond acceptors (Lipinski definition) is 5. The Morgan fingerprint density at radius 3 is 2.46 bits per heavy atom. The van der Waals surface area contributed by atoms with E-state index in [4.69, 9.17) is 32.7 Å². The molecule has 28 heavy (non-hydrogen) atoms. The molecule has 0 bridgehead atoms. The van der Waals surface area contributed by atoms with Crippen LogP contribution in [-0.2, 0) is 19.1 Å². The first-order valence-electron chi connectivity index (χ1n) is 8.25. The van der Waals surface area contributed by atoms with Gasteiger partial charge in [-0.25, -0.2) is 0 Å². The van der Waals surface area contributed by atoms with Crippen molar-refractivity contribution in [2.45, 2.75) is 13.0 Å². The van der Waals surface area contributed by atoms with Gasteiger partial charge >= 0.3 is 5.97 Å². The standard InChI is InChI=1S/C19H18Cl2N2O5/c1-12(19(26)23-16-8-7-13(20)9-15(16)21)28-18(25)10-22-17(24)11-27-14-5-3-2-4-6-14/h2-9,12H,10-11H2,1H3,(H,22,24)(H,23,26). The number of carbonyl (C=O) groups is 3. The zero-order valence-electron chi connectivity index (χ0n) is 14.9. The molecule has 0 saturated carbocycles. The molecule has 7 nitrogen and oxygen atoms in total. The van der Waals surface area contributed by atoms with Crippen molar-refractivity contribution >= 4 is 46.7 Å². The maximum absolute atomic E-state index is 12.1. The Morgan fingerprint density at radius 1 is 1.07 bits per heavy atom. The van der Waals surface area contributed by atoms with Crippen LogP contribution in [0.2, 0.25) is 10.0 Å². The summed E-state index contributed by atoms with van der Waals surface area (Å²) in [5.41, 5.74) is 0.338. The predicted molar refractivity (Wildman–Crippen MR) is 106 cm³/mol. The van der Waals surface area contributed by atoms with Crippen LogP contribution in [0.5, 0.6) is 5.75 Å². The van der Waals surface area contributed by atoms with E-state index in [1.165, 1.54) is 19.1 Å². The van der Waals surface area contributed by atoms with Crippen molar-refractivity contribution in [1.82, 2.24) is 5.32 Å². The summed E-state index contributed by atoms with van der Waals surface area (Å²) in [6, 6.07) is 13.3. The molecule has 2 aromatic rings. The van der Waals surface area contributed by atoms with Crippen LogP contribution in [0, 0.1) is 0 Å². The number of hydrogen-bond donors (Lipinski definition) is 2. The summed E-state index contributed by atoms with van der Waals surface area (Å²) in [6.45, 7) is 0.760. The highest BCUT2D eigenvalue weighted by Gasteiger charge is 2.19. The van der Waals surface area contributed by atoms with E-state index in [9.17, 15) is 14.4 Å². The van der Waals surface area contributed by atoms with Gasteiger partial charge in [0.2, 0.25) is 0 Å². The zero-order valence-corrected chi connectivity index (χ0v) is 16.4. The van der Waals surface area contributed by atoms with Crippen LogP contribution in [-0.4, -0.2) is 37.0 Å². The number of amides is 2. The van der Waals surface area contributed by atoms with Gasteiger partial charge < -0.3 is 20.1 Å². The normalized spacial score (nSPS) is 11.2. The predicted octanol–water partition coefficient (Wildman–Crippen LogP) is 3.06. The second-order valence-electron chi connectivity index (χ2n) is 5.62. The van der Waals surface area contributed by atoms with Crippen LogP contribution in [0.25, 0.3) is 0 Å². The van der Waals surface area contributed by atoms with E-state index < -0.39 is 30.4 Å². The molecule has 9 heteroatoms. The highest BCUT2D eigenvalue weighted by atomic mass is 35.5. The minimum absolute atomic E-state index is 0.248. The Kier molecular flexibility index (Phi) is 8.10. The lowest BCUT2D eigenvalue weighted by Gasteiger charge is -2.14. The van der Waals surface area contributed by atoms with Crippen molar-refractivity contribution in [2.75, 3.05) is 18.5 Å². The third-order valence-corrected chi connectivity index (χ3v) is 3.96. The van der Waals surface area contributed by atoms with Gasteiger partial charge in [0.1, 0.15) is 12.3 Å². The van der Waals surface area contributed by atoms with Crippen molar-refractivity contribution in [3.8, 4) is 5.75 Å². The van der Waals surface area contributed by atoms with Crippen LogP contribution >= 0.6 is 23.2 Å². The maximum atomic E-state index is 12.1. The van der Waals surface area contributed by atoms with E-state index >= 15 is 0 Å². The molecule has 148 valence electrons. The number of esters is 1. The Morgan fingerprint density at radius 2 is 1.79 bits per heavy atom. The van der Waals surface area contributed by atoms with Crippen LogP contribution in [0.3, 0.4) is 0 Å². The van der Waals surface area contributed by atoms with Gasteiger partial charge in [0.15, 0.2) is 12.7 Å². The summed E-state index contributed by atoms with van der Waals surface area (Å²) in [5, 5.41) is 5.57. The second kappa shape index (κ2) is 10.5. The summed E-state index contributed by atoms with van der Waals surface area (Å²) >= 11 is 11.8. The van der Waals surface area contributed by atoms with Gasteiger partial charge in [-0.3, -0.25) is 14.4 Å². The van der Waals surface area contributed by atoms with Gasteiger partial charge in [0.05, 0.1) is 10.7 Å². The molecule has 0 spiro atoms. The molecule has 0 heterocycles. The number of carbonyl (C=O) groups excluding carboxylic acids is 3. The molecule has 1 unspecified atom stereocenters. The molecule has 1 atom stereocenters. The number of benzene rings is 2. The topological polar surface area (TPSA) is 93.7 Å². The lowest BCUT2D eigenvalue weighted by atomic mass is 10.3. The number of ether oxygens (including phenoxy) is 2. The van der Waals surface area contributed by atoms with E-state index in [-0.39, 0.29) is 11.6 Å². The molecule has 0 radical (unpaired) electrons. The molecular formula is C19H18Cl2N2O5. The van der Waals surface area contributed by atoms with E-state index in [0.29, 0.717) is 16.5 Å². The number of nitrogens with one attached hydrogen (secondary N) is 2. The summed E-state index contributed by atoms with van der Waals surface area (Å²) in [6.07, 6.45) is -1.09. The third-order valence-electron chi connectivity index (χ3n) is 3.41. The van der Waals surface area contributed by atoms with Crippen molar-refractivity contribution in [3.05, 3.63) is 58.6 Å². The molecule has 0 saturated heterocycles. The summed E-state index contributed by atoms with van der Waals surface area (Å²) in [5.74, 6) is -1.30. The van der Waals surface area contributed by atoms with Gasteiger partial charge in [-0.2, -0.15) is 0 Å². The van der Waals surface area contributed by atoms with Gasteiger partial charge in [-0.1, -0.05) is 41.4 Å². The van der Waals surface area contributed by atoms with E-state index in [2.05, 4.69) is 10.6 Å². The van der Waals surface area contributed by atoms with Crippen molar-refractivity contribution in [1.29, 1.82) is 0 Å². The highest BCUT2D eigenvalue weighted by Crippen LogP contribution is 2.25. The number of anilines is 1. The molecule has 0 aliphatic heterocycles. The number of para-hydroxylation sites is 1. The van der Waals surface area contributed by atoms with Crippen molar-refractivity contribution in [3.63, 3.8) is 0 Å². The Bertz CT molecular complexity index is 845. The lowest BCUT2D eigenvalue weighted by Crippen LogP contribution is -2.37. The average molecular weight is 425 g/mol. The second-order valence-corrected chi connectivity index (χ2v) is 6.47. The van der Waals surface area contributed by atoms with Gasteiger partial charge in [0, 0.05) is 5.02 Å². The fourth-order valence-electron chi connectivity index (χ4n) is 2.00. The summed E-state index contributed by atoms with van der Waals surface area (Å²) < 4.78 is 10.2. The number of rotatable bonds is 8. The van der Waals surface area contributed by atoms with E-state index in [1.54, 1.807) is 30.3 Å². The first kappa shape index (κ1) is 21.5. The Balaban J connectivity index is 1.72.